The molecular formula is C20H26N2. The van der Waals surface area contributed by atoms with Crippen molar-refractivity contribution in [3.63, 3.8) is 0 Å². The second-order valence-corrected chi connectivity index (χ2v) is 6.42. The maximum Gasteiger partial charge on any atom is 0.0342 e. The Kier molecular flexibility index (Phi) is 5.12. The molecule has 2 atom stereocenters. The lowest BCUT2D eigenvalue weighted by atomic mass is 9.93. The molecule has 1 saturated heterocycles. The summed E-state index contributed by atoms with van der Waals surface area (Å²) in [5, 5.41) is 3.70. The summed E-state index contributed by atoms with van der Waals surface area (Å²) in [6.07, 6.45) is 2.38. The van der Waals surface area contributed by atoms with Gasteiger partial charge < -0.3 is 10.2 Å². The van der Waals surface area contributed by atoms with Crippen LogP contribution in [0.2, 0.25) is 0 Å². The molecule has 1 aliphatic rings. The summed E-state index contributed by atoms with van der Waals surface area (Å²) in [7, 11) is 0. The van der Waals surface area contributed by atoms with Crippen LogP contribution >= 0.6 is 0 Å². The highest BCUT2D eigenvalue weighted by molar-refractivity contribution is 5.43. The molecule has 0 saturated carbocycles. The van der Waals surface area contributed by atoms with Crippen molar-refractivity contribution in [1.29, 1.82) is 0 Å². The van der Waals surface area contributed by atoms with E-state index >= 15 is 0 Å². The third kappa shape index (κ3) is 4.11. The summed E-state index contributed by atoms with van der Waals surface area (Å²) in [4.78, 5) is 2.61. The molecule has 0 spiro atoms. The lowest BCUT2D eigenvalue weighted by Gasteiger charge is -2.37. The van der Waals surface area contributed by atoms with Gasteiger partial charge in [-0.25, -0.2) is 0 Å². The van der Waals surface area contributed by atoms with Crippen molar-refractivity contribution < 1.29 is 0 Å². The van der Waals surface area contributed by atoms with Gasteiger partial charge in [0.2, 0.25) is 0 Å². The van der Waals surface area contributed by atoms with Crippen LogP contribution < -0.4 is 5.32 Å². The second kappa shape index (κ2) is 7.46. The zero-order valence-corrected chi connectivity index (χ0v) is 13.4. The summed E-state index contributed by atoms with van der Waals surface area (Å²) in [5.41, 5.74) is 2.69. The number of anilines is 1. The van der Waals surface area contributed by atoms with Crippen LogP contribution in [-0.4, -0.2) is 30.6 Å². The third-order valence-corrected chi connectivity index (χ3v) is 4.67. The molecule has 2 aromatic carbocycles. The lowest BCUT2D eigenvalue weighted by Crippen LogP contribution is -2.45. The second-order valence-electron chi connectivity index (χ2n) is 6.42. The molecule has 3 rings (SSSR count). The van der Waals surface area contributed by atoms with Crippen molar-refractivity contribution in [3.8, 4) is 0 Å². The number of piperidine rings is 1. The van der Waals surface area contributed by atoms with Crippen molar-refractivity contribution in [3.05, 3.63) is 66.2 Å². The van der Waals surface area contributed by atoms with E-state index in [-0.39, 0.29) is 0 Å². The summed E-state index contributed by atoms with van der Waals surface area (Å²) >= 11 is 0. The first-order chi connectivity index (χ1) is 10.8. The summed E-state index contributed by atoms with van der Waals surface area (Å²) in [5.74, 6) is 0.685. The van der Waals surface area contributed by atoms with E-state index in [1.54, 1.807) is 0 Å². The quantitative estimate of drug-likeness (QED) is 0.895. The Morgan fingerprint density at radius 3 is 2.36 bits per heavy atom. The number of benzene rings is 2. The van der Waals surface area contributed by atoms with Gasteiger partial charge in [-0.2, -0.15) is 0 Å². The predicted molar refractivity (Wildman–Crippen MR) is 94.2 cm³/mol. The number of hydrogen-bond donors (Lipinski definition) is 1. The van der Waals surface area contributed by atoms with E-state index < -0.39 is 0 Å². The number of likely N-dealkylation sites (tertiary alicyclic amines) is 1. The van der Waals surface area contributed by atoms with Gasteiger partial charge in [0.25, 0.3) is 0 Å². The van der Waals surface area contributed by atoms with Gasteiger partial charge in [-0.3, -0.25) is 0 Å². The predicted octanol–water partition coefficient (Wildman–Crippen LogP) is 4.05. The first-order valence-electron chi connectivity index (χ1n) is 8.39. The van der Waals surface area contributed by atoms with Gasteiger partial charge in [-0.15, -0.1) is 0 Å². The minimum absolute atomic E-state index is 0.593. The largest absolute Gasteiger partial charge is 0.382 e. The molecule has 22 heavy (non-hydrogen) atoms. The highest BCUT2D eigenvalue weighted by atomic mass is 15.1. The van der Waals surface area contributed by atoms with Crippen LogP contribution in [0.5, 0.6) is 0 Å². The minimum Gasteiger partial charge on any atom is -0.382 e. The van der Waals surface area contributed by atoms with E-state index in [1.807, 2.05) is 0 Å². The molecular weight excluding hydrogens is 268 g/mol. The smallest absolute Gasteiger partial charge is 0.0342 e. The topological polar surface area (TPSA) is 15.3 Å². The fraction of sp³-hybridized carbons (Fsp3) is 0.400. The average Bonchev–Trinajstić information content (AvgIpc) is 2.57. The molecule has 1 heterocycles. The molecule has 2 heteroatoms. The lowest BCUT2D eigenvalue weighted by molar-refractivity contribution is 0.173. The Bertz CT molecular complexity index is 552. The molecule has 0 bridgehead atoms. The zero-order valence-electron chi connectivity index (χ0n) is 13.4. The van der Waals surface area contributed by atoms with Crippen molar-refractivity contribution in [2.45, 2.75) is 25.8 Å². The Balaban J connectivity index is 1.47. The van der Waals surface area contributed by atoms with Gasteiger partial charge in [-0.1, -0.05) is 55.5 Å². The highest BCUT2D eigenvalue weighted by Crippen LogP contribution is 2.21. The van der Waals surface area contributed by atoms with Crippen LogP contribution in [0.25, 0.3) is 0 Å². The monoisotopic (exact) mass is 294 g/mol. The molecule has 1 aliphatic heterocycles. The minimum atomic E-state index is 0.593. The molecule has 1 N–H and O–H groups in total. The van der Waals surface area contributed by atoms with E-state index in [0.29, 0.717) is 12.0 Å². The van der Waals surface area contributed by atoms with Crippen LogP contribution in [0, 0.1) is 5.92 Å². The van der Waals surface area contributed by atoms with Crippen LogP contribution in [0.3, 0.4) is 0 Å². The molecule has 0 aliphatic carbocycles. The molecule has 2 aromatic rings. The van der Waals surface area contributed by atoms with Gasteiger partial charge in [0.05, 0.1) is 0 Å². The summed E-state index contributed by atoms with van der Waals surface area (Å²) in [6.45, 7) is 5.93. The van der Waals surface area contributed by atoms with Crippen LogP contribution in [-0.2, 0) is 6.42 Å². The summed E-state index contributed by atoms with van der Waals surface area (Å²) < 4.78 is 0. The Hall–Kier alpha value is -1.80. The van der Waals surface area contributed by atoms with Crippen LogP contribution in [0.4, 0.5) is 5.69 Å². The fourth-order valence-electron chi connectivity index (χ4n) is 3.33. The highest BCUT2D eigenvalue weighted by Gasteiger charge is 2.25. The first-order valence-corrected chi connectivity index (χ1v) is 8.39. The first kappa shape index (κ1) is 15.1. The van der Waals surface area contributed by atoms with Gasteiger partial charge in [0.1, 0.15) is 0 Å². The van der Waals surface area contributed by atoms with Gasteiger partial charge in [0.15, 0.2) is 0 Å². The normalized spacial score (nSPS) is 22.4. The Morgan fingerprint density at radius 2 is 1.68 bits per heavy atom. The summed E-state index contributed by atoms with van der Waals surface area (Å²) in [6, 6.07) is 22.0. The standard InChI is InChI=1S/C20H26N2/c1-17-16-22(14-12-18-8-4-2-5-9-18)15-13-20(17)21-19-10-6-3-7-11-19/h2-11,17,20-21H,12-16H2,1H3/t17-,20+/m1/s1. The molecule has 0 radical (unpaired) electrons. The molecule has 1 fully saturated rings. The van der Waals surface area contributed by atoms with E-state index in [9.17, 15) is 0 Å². The number of nitrogens with zero attached hydrogens (tertiary/aromatic N) is 1. The van der Waals surface area contributed by atoms with Crippen molar-refractivity contribution in [1.82, 2.24) is 4.90 Å². The van der Waals surface area contributed by atoms with Crippen molar-refractivity contribution in [2.24, 2.45) is 5.92 Å². The average molecular weight is 294 g/mol. The zero-order chi connectivity index (χ0) is 15.2. The molecule has 0 aromatic heterocycles. The number of rotatable bonds is 5. The van der Waals surface area contributed by atoms with Crippen molar-refractivity contribution in [2.75, 3.05) is 25.0 Å². The van der Waals surface area contributed by atoms with Gasteiger partial charge in [0, 0.05) is 31.4 Å². The SMILES string of the molecule is C[C@@H]1CN(CCc2ccccc2)CC[C@@H]1Nc1ccccc1. The number of nitrogens with one attached hydrogen (secondary N) is 1. The molecule has 2 nitrogen and oxygen atoms in total. The number of hydrogen-bond acceptors (Lipinski definition) is 2. The molecule has 116 valence electrons. The Morgan fingerprint density at radius 1 is 1.00 bits per heavy atom. The Labute approximate surface area is 134 Å². The van der Waals surface area contributed by atoms with E-state index in [1.165, 1.54) is 37.3 Å². The van der Waals surface area contributed by atoms with E-state index in [4.69, 9.17) is 0 Å². The maximum absolute atomic E-state index is 3.70. The van der Waals surface area contributed by atoms with E-state index in [2.05, 4.69) is 77.8 Å². The van der Waals surface area contributed by atoms with Crippen molar-refractivity contribution >= 4 is 5.69 Å². The maximum atomic E-state index is 3.70. The van der Waals surface area contributed by atoms with E-state index in [0.717, 1.165) is 6.42 Å². The van der Waals surface area contributed by atoms with Gasteiger partial charge >= 0.3 is 0 Å². The molecule has 0 amide bonds. The van der Waals surface area contributed by atoms with Crippen LogP contribution in [0.1, 0.15) is 18.9 Å². The van der Waals surface area contributed by atoms with Crippen LogP contribution in [0.15, 0.2) is 60.7 Å². The fourth-order valence-corrected chi connectivity index (χ4v) is 3.33. The van der Waals surface area contributed by atoms with Gasteiger partial charge in [-0.05, 0) is 36.5 Å². The number of para-hydroxylation sites is 1. The molecule has 0 unspecified atom stereocenters. The third-order valence-electron chi connectivity index (χ3n) is 4.67.